The highest BCUT2D eigenvalue weighted by Crippen LogP contribution is 2.26. The van der Waals surface area contributed by atoms with E-state index < -0.39 is 12.0 Å². The molecular formula is C17H15Cl3N2O2S. The number of pyridine rings is 1. The average molecular weight is 418 g/mol. The van der Waals surface area contributed by atoms with Gasteiger partial charge in [-0.15, -0.1) is 23.7 Å². The van der Waals surface area contributed by atoms with Gasteiger partial charge in [0.2, 0.25) is 0 Å². The smallest absolute Gasteiger partial charge is 0.323 e. The number of halogens is 3. The van der Waals surface area contributed by atoms with Crippen molar-refractivity contribution < 1.29 is 9.53 Å². The first-order valence-corrected chi connectivity index (χ1v) is 8.86. The quantitative estimate of drug-likeness (QED) is 0.485. The van der Waals surface area contributed by atoms with Gasteiger partial charge in [0, 0.05) is 4.70 Å². The number of aromatic nitrogens is 1. The Morgan fingerprint density at radius 1 is 1.24 bits per heavy atom. The summed E-state index contributed by atoms with van der Waals surface area (Å²) in [6, 6.07) is 10.5. The summed E-state index contributed by atoms with van der Waals surface area (Å²) in [6.45, 7) is 0.0544. The van der Waals surface area contributed by atoms with Gasteiger partial charge in [0.15, 0.2) is 0 Å². The maximum atomic E-state index is 12.1. The Balaban J connectivity index is 0.00000225. The van der Waals surface area contributed by atoms with Crippen molar-refractivity contribution in [1.29, 1.82) is 0 Å². The van der Waals surface area contributed by atoms with Crippen LogP contribution in [0, 0.1) is 0 Å². The zero-order chi connectivity index (χ0) is 17.1. The van der Waals surface area contributed by atoms with Gasteiger partial charge in [-0.25, -0.2) is 4.98 Å². The van der Waals surface area contributed by atoms with Crippen molar-refractivity contribution in [3.8, 4) is 0 Å². The van der Waals surface area contributed by atoms with Crippen molar-refractivity contribution in [1.82, 2.24) is 4.98 Å². The number of nitrogens with zero attached hydrogens (tertiary/aromatic N) is 1. The standard InChI is InChI=1S/C17H14Cl2N2O2S.ClH/c18-15-5-10(6-16(19)21-15)8-23-17(22)13(20)7-11-9-24-14-4-2-1-3-12(11)14;/h1-6,9,13H,7-8,20H2;1H/t13-;/m0./s1. The fourth-order valence-electron chi connectivity index (χ4n) is 2.37. The Labute approximate surface area is 165 Å². The zero-order valence-corrected chi connectivity index (χ0v) is 16.1. The number of carbonyl (C=O) groups excluding carboxylic acids is 1. The van der Waals surface area contributed by atoms with Gasteiger partial charge in [0.1, 0.15) is 23.0 Å². The normalized spacial score (nSPS) is 11.8. The molecule has 1 atom stereocenters. The van der Waals surface area contributed by atoms with Crippen LogP contribution in [0.2, 0.25) is 10.3 Å². The Hall–Kier alpha value is -1.37. The van der Waals surface area contributed by atoms with Crippen LogP contribution in [0.4, 0.5) is 0 Å². The van der Waals surface area contributed by atoms with Gasteiger partial charge in [0.25, 0.3) is 0 Å². The van der Waals surface area contributed by atoms with Crippen LogP contribution in [0.3, 0.4) is 0 Å². The molecule has 0 radical (unpaired) electrons. The van der Waals surface area contributed by atoms with E-state index in [4.69, 9.17) is 33.7 Å². The van der Waals surface area contributed by atoms with Crippen molar-refractivity contribution in [2.24, 2.45) is 5.73 Å². The molecule has 0 fully saturated rings. The van der Waals surface area contributed by atoms with Gasteiger partial charge in [-0.1, -0.05) is 41.4 Å². The second kappa shape index (κ2) is 8.83. The minimum Gasteiger partial charge on any atom is -0.460 e. The summed E-state index contributed by atoms with van der Waals surface area (Å²) >= 11 is 13.3. The molecular weight excluding hydrogens is 403 g/mol. The number of carbonyl (C=O) groups is 1. The molecule has 0 aliphatic heterocycles. The number of nitrogens with two attached hydrogens (primary N) is 1. The molecule has 25 heavy (non-hydrogen) atoms. The third-order valence-electron chi connectivity index (χ3n) is 3.51. The van der Waals surface area contributed by atoms with Crippen molar-refractivity contribution in [2.45, 2.75) is 19.1 Å². The van der Waals surface area contributed by atoms with E-state index in [1.165, 1.54) is 4.70 Å². The Kier molecular flexibility index (Phi) is 7.04. The lowest BCUT2D eigenvalue weighted by atomic mass is 10.1. The van der Waals surface area contributed by atoms with Crippen LogP contribution in [0.5, 0.6) is 0 Å². The summed E-state index contributed by atoms with van der Waals surface area (Å²) in [7, 11) is 0. The molecule has 0 saturated heterocycles. The molecule has 4 nitrogen and oxygen atoms in total. The first kappa shape index (κ1) is 19.9. The molecule has 3 rings (SSSR count). The summed E-state index contributed by atoms with van der Waals surface area (Å²) in [5.74, 6) is -0.464. The minimum atomic E-state index is -0.726. The molecule has 8 heteroatoms. The second-order valence-corrected chi connectivity index (χ2v) is 6.98. The molecule has 1 aromatic carbocycles. The Morgan fingerprint density at radius 3 is 2.64 bits per heavy atom. The first-order valence-electron chi connectivity index (χ1n) is 7.22. The van der Waals surface area contributed by atoms with E-state index in [-0.39, 0.29) is 29.3 Å². The van der Waals surface area contributed by atoms with Crippen molar-refractivity contribution in [2.75, 3.05) is 0 Å². The summed E-state index contributed by atoms with van der Waals surface area (Å²) in [5, 5.41) is 3.66. The summed E-state index contributed by atoms with van der Waals surface area (Å²) in [5.41, 5.74) is 7.71. The van der Waals surface area contributed by atoms with E-state index in [1.807, 2.05) is 29.6 Å². The SMILES string of the molecule is Cl.N[C@@H](Cc1csc2ccccc12)C(=O)OCc1cc(Cl)nc(Cl)c1. The number of benzene rings is 1. The highest BCUT2D eigenvalue weighted by atomic mass is 35.5. The molecule has 3 aromatic rings. The van der Waals surface area contributed by atoms with E-state index in [0.29, 0.717) is 12.0 Å². The lowest BCUT2D eigenvalue weighted by Crippen LogP contribution is -2.34. The molecule has 0 aliphatic rings. The van der Waals surface area contributed by atoms with Gasteiger partial charge in [-0.05, 0) is 46.5 Å². The average Bonchev–Trinajstić information content (AvgIpc) is 2.95. The molecule has 0 unspecified atom stereocenters. The van der Waals surface area contributed by atoms with Crippen LogP contribution in [-0.4, -0.2) is 17.0 Å². The lowest BCUT2D eigenvalue weighted by Gasteiger charge is -2.11. The van der Waals surface area contributed by atoms with Crippen LogP contribution in [0.1, 0.15) is 11.1 Å². The van der Waals surface area contributed by atoms with Crippen molar-refractivity contribution in [3.05, 3.63) is 63.2 Å². The van der Waals surface area contributed by atoms with E-state index in [2.05, 4.69) is 4.98 Å². The molecule has 0 bridgehead atoms. The van der Waals surface area contributed by atoms with E-state index in [9.17, 15) is 4.79 Å². The number of thiophene rings is 1. The maximum absolute atomic E-state index is 12.1. The van der Waals surface area contributed by atoms with Gasteiger partial charge in [-0.2, -0.15) is 0 Å². The number of rotatable bonds is 5. The van der Waals surface area contributed by atoms with Gasteiger partial charge < -0.3 is 10.5 Å². The van der Waals surface area contributed by atoms with Crippen LogP contribution in [-0.2, 0) is 22.6 Å². The molecule has 0 saturated carbocycles. The summed E-state index contributed by atoms with van der Waals surface area (Å²) in [6.07, 6.45) is 0.431. The number of esters is 1. The summed E-state index contributed by atoms with van der Waals surface area (Å²) < 4.78 is 6.43. The van der Waals surface area contributed by atoms with E-state index >= 15 is 0 Å². The fraction of sp³-hybridized carbons (Fsp3) is 0.176. The number of hydrogen-bond donors (Lipinski definition) is 1. The Bertz CT molecular complexity index is 865. The zero-order valence-electron chi connectivity index (χ0n) is 12.9. The number of hydrogen-bond acceptors (Lipinski definition) is 5. The summed E-state index contributed by atoms with van der Waals surface area (Å²) in [4.78, 5) is 16.0. The molecule has 132 valence electrons. The maximum Gasteiger partial charge on any atom is 0.323 e. The van der Waals surface area contributed by atoms with Crippen molar-refractivity contribution in [3.63, 3.8) is 0 Å². The molecule has 2 heterocycles. The van der Waals surface area contributed by atoms with Crippen LogP contribution >= 0.6 is 46.9 Å². The number of ether oxygens (including phenoxy) is 1. The third kappa shape index (κ3) is 5.06. The predicted molar refractivity (Wildman–Crippen MR) is 105 cm³/mol. The van der Waals surface area contributed by atoms with Crippen LogP contribution < -0.4 is 5.73 Å². The molecule has 2 aromatic heterocycles. The second-order valence-electron chi connectivity index (χ2n) is 5.30. The van der Waals surface area contributed by atoms with Crippen molar-refractivity contribution >= 4 is 63.0 Å². The van der Waals surface area contributed by atoms with Gasteiger partial charge >= 0.3 is 5.97 Å². The fourth-order valence-corrected chi connectivity index (χ4v) is 3.85. The Morgan fingerprint density at radius 2 is 1.92 bits per heavy atom. The minimum absolute atomic E-state index is 0. The van der Waals surface area contributed by atoms with Gasteiger partial charge in [-0.3, -0.25) is 4.79 Å². The third-order valence-corrected chi connectivity index (χ3v) is 4.91. The molecule has 2 N–H and O–H groups in total. The monoisotopic (exact) mass is 416 g/mol. The molecule has 0 amide bonds. The van der Waals surface area contributed by atoms with Gasteiger partial charge in [0.05, 0.1) is 0 Å². The largest absolute Gasteiger partial charge is 0.460 e. The van der Waals surface area contributed by atoms with Crippen LogP contribution in [0.15, 0.2) is 41.8 Å². The lowest BCUT2D eigenvalue weighted by molar-refractivity contribution is -0.146. The molecule has 0 aliphatic carbocycles. The predicted octanol–water partition coefficient (Wildman–Crippen LogP) is 4.64. The topological polar surface area (TPSA) is 65.2 Å². The van der Waals surface area contributed by atoms with Crippen LogP contribution in [0.25, 0.3) is 10.1 Å². The first-order chi connectivity index (χ1) is 11.5. The van der Waals surface area contributed by atoms with E-state index in [1.54, 1.807) is 23.5 Å². The van der Waals surface area contributed by atoms with E-state index in [0.717, 1.165) is 10.9 Å². The molecule has 0 spiro atoms. The number of fused-ring (bicyclic) bond motifs is 1. The highest BCUT2D eigenvalue weighted by molar-refractivity contribution is 7.17. The highest BCUT2D eigenvalue weighted by Gasteiger charge is 2.18.